The Kier molecular flexibility index (Phi) is 6.41. The molecule has 9 heteroatoms. The van der Waals surface area contributed by atoms with E-state index in [1.807, 2.05) is 37.1 Å². The van der Waals surface area contributed by atoms with E-state index in [0.717, 1.165) is 17.5 Å². The fourth-order valence-corrected chi connectivity index (χ4v) is 3.11. The summed E-state index contributed by atoms with van der Waals surface area (Å²) in [6.45, 7) is 2.47. The number of aromatic nitrogens is 3. The second-order valence-electron chi connectivity index (χ2n) is 7.20. The summed E-state index contributed by atoms with van der Waals surface area (Å²) >= 11 is 0. The predicted octanol–water partition coefficient (Wildman–Crippen LogP) is 1.92. The van der Waals surface area contributed by atoms with Crippen molar-refractivity contribution in [3.05, 3.63) is 47.7 Å². The lowest BCUT2D eigenvalue weighted by atomic mass is 10.1. The van der Waals surface area contributed by atoms with Crippen LogP contribution in [0.1, 0.15) is 35.7 Å². The molecule has 0 spiro atoms. The molecule has 1 unspecified atom stereocenters. The summed E-state index contributed by atoms with van der Waals surface area (Å²) in [4.78, 5) is 37.2. The van der Waals surface area contributed by atoms with Crippen LogP contribution in [-0.2, 0) is 11.3 Å². The van der Waals surface area contributed by atoms with Crippen LogP contribution in [0, 0.1) is 0 Å². The third-order valence-corrected chi connectivity index (χ3v) is 4.74. The van der Waals surface area contributed by atoms with E-state index in [2.05, 4.69) is 20.3 Å². The number of hydrogen-bond acceptors (Lipinski definition) is 8. The largest absolute Gasteiger partial charge is 0.383 e. The number of rotatable bonds is 8. The summed E-state index contributed by atoms with van der Waals surface area (Å²) in [5.74, 6) is 0.239. The number of amides is 1. The number of hydrogen-bond donors (Lipinski definition) is 3. The molecule has 0 saturated carbocycles. The number of pyridine rings is 1. The smallest absolute Gasteiger partial charge is 0.251 e. The molecule has 156 valence electrons. The first-order valence-corrected chi connectivity index (χ1v) is 9.60. The van der Waals surface area contributed by atoms with Gasteiger partial charge in [-0.1, -0.05) is 0 Å². The number of aldehydes is 1. The standard InChI is InChI=1S/C21H25N7O2/c1-13(4-3-9-29)25-20(30)15-5-7-16(8-6-15)28(2)12-14-10-17-18(22)26-21(23)27-19(17)24-11-14/h5-11,13H,3-4,12H2,1-2H3,(H,25,30)(H4,22,23,24,26,27). The normalized spacial score (nSPS) is 11.8. The monoisotopic (exact) mass is 407 g/mol. The molecule has 2 aromatic heterocycles. The van der Waals surface area contributed by atoms with Crippen molar-refractivity contribution in [1.82, 2.24) is 20.3 Å². The van der Waals surface area contributed by atoms with E-state index in [0.29, 0.717) is 41.8 Å². The van der Waals surface area contributed by atoms with Crippen molar-refractivity contribution in [2.24, 2.45) is 0 Å². The van der Waals surface area contributed by atoms with Crippen LogP contribution >= 0.6 is 0 Å². The van der Waals surface area contributed by atoms with Crippen LogP contribution in [0.15, 0.2) is 36.5 Å². The highest BCUT2D eigenvalue weighted by Gasteiger charge is 2.11. The summed E-state index contributed by atoms with van der Waals surface area (Å²) in [6, 6.07) is 9.17. The van der Waals surface area contributed by atoms with Crippen LogP contribution in [-0.4, -0.2) is 40.2 Å². The molecule has 9 nitrogen and oxygen atoms in total. The number of nitrogen functional groups attached to an aromatic ring is 2. The molecule has 0 radical (unpaired) electrons. The van der Waals surface area contributed by atoms with Gasteiger partial charge in [-0.15, -0.1) is 0 Å². The van der Waals surface area contributed by atoms with Crippen molar-refractivity contribution in [2.75, 3.05) is 23.4 Å². The number of nitrogens with one attached hydrogen (secondary N) is 1. The Morgan fingerprint density at radius 1 is 1.23 bits per heavy atom. The topological polar surface area (TPSA) is 140 Å². The van der Waals surface area contributed by atoms with Gasteiger partial charge >= 0.3 is 0 Å². The Hall–Kier alpha value is -3.75. The van der Waals surface area contributed by atoms with Crippen LogP contribution in [0.2, 0.25) is 0 Å². The molecule has 0 saturated heterocycles. The number of nitrogens with zero attached hydrogens (tertiary/aromatic N) is 4. The lowest BCUT2D eigenvalue weighted by Crippen LogP contribution is -2.32. The predicted molar refractivity (Wildman–Crippen MR) is 117 cm³/mol. The highest BCUT2D eigenvalue weighted by atomic mass is 16.1. The SMILES string of the molecule is CC(CCC=O)NC(=O)c1ccc(N(C)Cc2cnc3nc(N)nc(N)c3c2)cc1. The lowest BCUT2D eigenvalue weighted by Gasteiger charge is -2.20. The minimum Gasteiger partial charge on any atom is -0.383 e. The van der Waals surface area contributed by atoms with Crippen LogP contribution in [0.25, 0.3) is 11.0 Å². The van der Waals surface area contributed by atoms with Gasteiger partial charge in [-0.25, -0.2) is 4.98 Å². The molecule has 3 aromatic rings. The first kappa shape index (κ1) is 21.0. The number of anilines is 3. The van der Waals surface area contributed by atoms with Crippen molar-refractivity contribution < 1.29 is 9.59 Å². The molecule has 1 aromatic carbocycles. The van der Waals surface area contributed by atoms with E-state index in [1.165, 1.54) is 0 Å². The summed E-state index contributed by atoms with van der Waals surface area (Å²) in [5.41, 5.74) is 14.5. The van der Waals surface area contributed by atoms with Gasteiger partial charge in [0.25, 0.3) is 5.91 Å². The first-order chi connectivity index (χ1) is 14.4. The molecule has 30 heavy (non-hydrogen) atoms. The number of benzene rings is 1. The molecule has 1 amide bonds. The molecule has 5 N–H and O–H groups in total. The van der Waals surface area contributed by atoms with Gasteiger partial charge in [-0.05, 0) is 49.2 Å². The minimum atomic E-state index is -0.156. The Morgan fingerprint density at radius 2 is 1.97 bits per heavy atom. The van der Waals surface area contributed by atoms with Crippen LogP contribution in [0.3, 0.4) is 0 Å². The number of carbonyl (C=O) groups is 2. The summed E-state index contributed by atoms with van der Waals surface area (Å²) in [5, 5.41) is 3.55. The molecule has 3 rings (SSSR count). The Morgan fingerprint density at radius 3 is 2.67 bits per heavy atom. The second kappa shape index (κ2) is 9.17. The summed E-state index contributed by atoms with van der Waals surface area (Å²) in [7, 11) is 1.95. The molecule has 0 bridgehead atoms. The van der Waals surface area contributed by atoms with Gasteiger partial charge in [0.15, 0.2) is 5.65 Å². The quantitative estimate of drug-likeness (QED) is 0.481. The fourth-order valence-electron chi connectivity index (χ4n) is 3.11. The van der Waals surface area contributed by atoms with Crippen molar-refractivity contribution in [3.63, 3.8) is 0 Å². The van der Waals surface area contributed by atoms with Gasteiger partial charge in [-0.3, -0.25) is 4.79 Å². The van der Waals surface area contributed by atoms with Gasteiger partial charge in [0.1, 0.15) is 12.1 Å². The summed E-state index contributed by atoms with van der Waals surface area (Å²) in [6.07, 6.45) is 3.64. The van der Waals surface area contributed by atoms with Gasteiger partial charge in [-0.2, -0.15) is 9.97 Å². The minimum absolute atomic E-state index is 0.0581. The van der Waals surface area contributed by atoms with E-state index in [1.54, 1.807) is 18.3 Å². The maximum atomic E-state index is 12.3. The van der Waals surface area contributed by atoms with E-state index >= 15 is 0 Å². The molecular weight excluding hydrogens is 382 g/mol. The molecule has 0 aliphatic rings. The maximum absolute atomic E-state index is 12.3. The van der Waals surface area contributed by atoms with Gasteiger partial charge in [0.2, 0.25) is 5.95 Å². The summed E-state index contributed by atoms with van der Waals surface area (Å²) < 4.78 is 0. The highest BCUT2D eigenvalue weighted by Crippen LogP contribution is 2.21. The Bertz CT molecular complexity index is 1050. The fraction of sp³-hybridized carbons (Fsp3) is 0.286. The third-order valence-electron chi connectivity index (χ3n) is 4.74. The maximum Gasteiger partial charge on any atom is 0.251 e. The van der Waals surface area contributed by atoms with Crippen LogP contribution < -0.4 is 21.7 Å². The molecule has 0 aliphatic heterocycles. The lowest BCUT2D eigenvalue weighted by molar-refractivity contribution is -0.108. The molecule has 0 aliphatic carbocycles. The number of fused-ring (bicyclic) bond motifs is 1. The van der Waals surface area contributed by atoms with Crippen molar-refractivity contribution in [1.29, 1.82) is 0 Å². The van der Waals surface area contributed by atoms with Crippen molar-refractivity contribution in [2.45, 2.75) is 32.4 Å². The second-order valence-corrected chi connectivity index (χ2v) is 7.20. The Balaban J connectivity index is 1.67. The first-order valence-electron chi connectivity index (χ1n) is 9.60. The van der Waals surface area contributed by atoms with Gasteiger partial charge in [0.05, 0.1) is 5.39 Å². The zero-order valence-electron chi connectivity index (χ0n) is 17.0. The highest BCUT2D eigenvalue weighted by molar-refractivity contribution is 5.94. The third kappa shape index (κ3) is 4.99. The molecule has 0 fully saturated rings. The van der Waals surface area contributed by atoms with Crippen molar-refractivity contribution in [3.8, 4) is 0 Å². The van der Waals surface area contributed by atoms with Crippen molar-refractivity contribution >= 4 is 40.7 Å². The molecule has 1 atom stereocenters. The van der Waals surface area contributed by atoms with E-state index in [-0.39, 0.29) is 17.9 Å². The van der Waals surface area contributed by atoms with E-state index < -0.39 is 0 Å². The zero-order chi connectivity index (χ0) is 21.7. The van der Waals surface area contributed by atoms with Crippen LogP contribution in [0.5, 0.6) is 0 Å². The van der Waals surface area contributed by atoms with Gasteiger partial charge in [0, 0.05) is 43.5 Å². The van der Waals surface area contributed by atoms with E-state index in [9.17, 15) is 9.59 Å². The Labute approximate surface area is 174 Å². The zero-order valence-corrected chi connectivity index (χ0v) is 17.0. The average molecular weight is 407 g/mol. The van der Waals surface area contributed by atoms with Crippen LogP contribution in [0.4, 0.5) is 17.5 Å². The van der Waals surface area contributed by atoms with Gasteiger partial charge < -0.3 is 26.5 Å². The molecule has 2 heterocycles. The average Bonchev–Trinajstić information content (AvgIpc) is 2.72. The number of carbonyl (C=O) groups excluding carboxylic acids is 2. The number of nitrogens with two attached hydrogens (primary N) is 2. The van der Waals surface area contributed by atoms with E-state index in [4.69, 9.17) is 11.5 Å². The molecular formula is C21H25N7O2.